The molecule has 0 atom stereocenters. The second-order valence-electron chi connectivity index (χ2n) is 6.41. The molecule has 0 bridgehead atoms. The minimum Gasteiger partial charge on any atom is -0.478 e. The van der Waals surface area contributed by atoms with Gasteiger partial charge in [-0.05, 0) is 58.5 Å². The lowest BCUT2D eigenvalue weighted by Crippen LogP contribution is -2.29. The van der Waals surface area contributed by atoms with E-state index >= 15 is 0 Å². The molecule has 0 saturated carbocycles. The third-order valence-electron chi connectivity index (χ3n) is 3.58. The van der Waals surface area contributed by atoms with Crippen molar-refractivity contribution in [2.75, 3.05) is 11.5 Å². The Morgan fingerprint density at radius 1 is 1.00 bits per heavy atom. The topological polar surface area (TPSA) is 227 Å². The van der Waals surface area contributed by atoms with Crippen LogP contribution in [0.1, 0.15) is 5.56 Å². The van der Waals surface area contributed by atoms with Gasteiger partial charge in [0.1, 0.15) is 0 Å². The first-order valence-corrected chi connectivity index (χ1v) is 11.4. The van der Waals surface area contributed by atoms with Crippen LogP contribution >= 0.6 is 45.8 Å². The monoisotopic (exact) mass is 646 g/mol. The number of carboxylic acid groups (broad SMARTS) is 2. The lowest BCUT2D eigenvalue weighted by molar-refractivity contribution is -0.134. The van der Waals surface area contributed by atoms with Crippen LogP contribution in [0, 0.1) is 8.98 Å². The zero-order valence-corrected chi connectivity index (χ0v) is 22.0. The number of rotatable bonds is 5. The second kappa shape index (κ2) is 15.3. The van der Waals surface area contributed by atoms with Crippen LogP contribution < -0.4 is 22.5 Å². The number of hydrogen-bond donors (Lipinski definition) is 7. The Labute approximate surface area is 229 Å². The highest BCUT2D eigenvalue weighted by atomic mass is 127. The van der Waals surface area contributed by atoms with Crippen molar-refractivity contribution in [1.29, 1.82) is 5.41 Å². The van der Waals surface area contributed by atoms with Crippen molar-refractivity contribution < 1.29 is 19.8 Å². The number of aromatic nitrogens is 3. The fourth-order valence-electron chi connectivity index (χ4n) is 2.19. The number of nitrogen functional groups attached to an aromatic ring is 2. The van der Waals surface area contributed by atoms with Crippen LogP contribution in [0.4, 0.5) is 11.9 Å². The Hall–Kier alpha value is -3.69. The van der Waals surface area contributed by atoms with Crippen molar-refractivity contribution in [3.05, 3.63) is 73.8 Å². The summed E-state index contributed by atoms with van der Waals surface area (Å²) in [4.78, 5) is 30.7. The lowest BCUT2D eigenvalue weighted by atomic mass is 10.2. The third-order valence-corrected chi connectivity index (χ3v) is 4.82. The molecule has 0 unspecified atom stereocenters. The molecule has 12 nitrogen and oxygen atoms in total. The summed E-state index contributed by atoms with van der Waals surface area (Å²) < 4.78 is 1.19. The zero-order chi connectivity index (χ0) is 27.3. The van der Waals surface area contributed by atoms with E-state index in [1.165, 1.54) is 3.57 Å². The molecule has 3 rings (SSSR count). The maximum absolute atomic E-state index is 9.55. The fraction of sp³-hybridized carbons (Fsp3) is 0.0476. The van der Waals surface area contributed by atoms with Gasteiger partial charge in [-0.25, -0.2) is 9.59 Å². The van der Waals surface area contributed by atoms with Crippen molar-refractivity contribution in [2.45, 2.75) is 6.54 Å². The van der Waals surface area contributed by atoms with Crippen molar-refractivity contribution in [3.8, 4) is 11.4 Å². The third kappa shape index (κ3) is 12.7. The zero-order valence-electron chi connectivity index (χ0n) is 18.3. The van der Waals surface area contributed by atoms with Crippen LogP contribution in [-0.2, 0) is 16.1 Å². The Kier molecular flexibility index (Phi) is 12.9. The van der Waals surface area contributed by atoms with E-state index in [2.05, 4.69) is 48.9 Å². The number of anilines is 2. The summed E-state index contributed by atoms with van der Waals surface area (Å²) in [5.74, 6) is -2.12. The number of nitrogens with one attached hydrogen (secondary N) is 2. The Morgan fingerprint density at radius 2 is 1.58 bits per heavy atom. The smallest absolute Gasteiger partial charge is 0.328 e. The van der Waals surface area contributed by atoms with E-state index < -0.39 is 11.9 Å². The average molecular weight is 647 g/mol. The van der Waals surface area contributed by atoms with Crippen LogP contribution in [0.15, 0.2) is 54.6 Å². The van der Waals surface area contributed by atoms with Gasteiger partial charge in [0.15, 0.2) is 11.8 Å². The Bertz CT molecular complexity index is 1220. The van der Waals surface area contributed by atoms with Gasteiger partial charge in [-0.3, -0.25) is 5.41 Å². The number of benzene rings is 2. The number of nitrogens with zero attached hydrogens (tertiary/aromatic N) is 3. The summed E-state index contributed by atoms with van der Waals surface area (Å²) in [6.45, 7) is 0.617. The number of nitrogens with two attached hydrogens (primary N) is 3. The number of aliphatic carboxylic acids is 2. The molecular formula is C21H21Cl2IN8O4. The summed E-state index contributed by atoms with van der Waals surface area (Å²) in [5.41, 5.74) is 17.8. The molecule has 0 saturated heterocycles. The molecule has 1 heterocycles. The van der Waals surface area contributed by atoms with E-state index in [1.54, 1.807) is 18.2 Å². The number of guanidine groups is 1. The summed E-state index contributed by atoms with van der Waals surface area (Å²) in [5, 5.41) is 26.3. The quantitative estimate of drug-likeness (QED) is 0.0922. The van der Waals surface area contributed by atoms with E-state index in [1.807, 2.05) is 18.2 Å². The van der Waals surface area contributed by atoms with Crippen molar-refractivity contribution >= 4 is 75.6 Å². The molecular weight excluding hydrogens is 626 g/mol. The number of hydrogen-bond acceptors (Lipinski definition) is 8. The van der Waals surface area contributed by atoms with Gasteiger partial charge in [0.05, 0.1) is 5.02 Å². The van der Waals surface area contributed by atoms with Gasteiger partial charge in [0, 0.05) is 32.9 Å². The molecule has 10 N–H and O–H groups in total. The van der Waals surface area contributed by atoms with Crippen LogP contribution in [0.25, 0.3) is 11.4 Å². The highest BCUT2D eigenvalue weighted by molar-refractivity contribution is 14.1. The van der Waals surface area contributed by atoms with Crippen molar-refractivity contribution in [1.82, 2.24) is 20.3 Å². The van der Waals surface area contributed by atoms with Gasteiger partial charge >= 0.3 is 11.9 Å². The highest BCUT2D eigenvalue weighted by Crippen LogP contribution is 2.28. The van der Waals surface area contributed by atoms with Crippen molar-refractivity contribution in [3.63, 3.8) is 0 Å². The predicted octanol–water partition coefficient (Wildman–Crippen LogP) is 3.00. The molecule has 1 aromatic heterocycles. The molecule has 0 fully saturated rings. The molecule has 2 aromatic carbocycles. The number of carboxylic acids is 2. The normalized spacial score (nSPS) is 9.86. The average Bonchev–Trinajstić information content (AvgIpc) is 2.78. The fourth-order valence-corrected chi connectivity index (χ4v) is 3.17. The van der Waals surface area contributed by atoms with Crippen LogP contribution in [0.3, 0.4) is 0 Å². The summed E-state index contributed by atoms with van der Waals surface area (Å²) in [6.07, 6.45) is 1.12. The first-order chi connectivity index (χ1) is 16.9. The number of halogens is 3. The summed E-state index contributed by atoms with van der Waals surface area (Å²) >= 11 is 14.1. The highest BCUT2D eigenvalue weighted by Gasteiger charge is 2.09. The van der Waals surface area contributed by atoms with Crippen molar-refractivity contribution in [2.24, 2.45) is 5.73 Å². The van der Waals surface area contributed by atoms with Gasteiger partial charge < -0.3 is 32.7 Å². The minimum absolute atomic E-state index is 0.00820. The summed E-state index contributed by atoms with van der Waals surface area (Å²) in [6, 6.07) is 13.0. The van der Waals surface area contributed by atoms with Crippen LogP contribution in [0.2, 0.25) is 10.0 Å². The largest absolute Gasteiger partial charge is 0.478 e. The molecule has 15 heteroatoms. The first-order valence-electron chi connectivity index (χ1n) is 9.56. The molecule has 0 radical (unpaired) electrons. The van der Waals surface area contributed by atoms with Gasteiger partial charge in [0.25, 0.3) is 0 Å². The van der Waals surface area contributed by atoms with Gasteiger partial charge in [0.2, 0.25) is 11.9 Å². The molecule has 0 aliphatic rings. The van der Waals surface area contributed by atoms with E-state index in [0.29, 0.717) is 40.1 Å². The van der Waals surface area contributed by atoms with Gasteiger partial charge in [-0.15, -0.1) is 0 Å². The molecule has 36 heavy (non-hydrogen) atoms. The number of carbonyl (C=O) groups is 2. The van der Waals surface area contributed by atoms with Crippen LogP contribution in [-0.4, -0.2) is 43.1 Å². The summed E-state index contributed by atoms with van der Waals surface area (Å²) in [7, 11) is 0. The molecule has 0 spiro atoms. The van der Waals surface area contributed by atoms with E-state index in [0.717, 1.165) is 5.56 Å². The van der Waals surface area contributed by atoms with E-state index in [-0.39, 0.29) is 17.9 Å². The molecule has 3 aromatic rings. The van der Waals surface area contributed by atoms with Crippen LogP contribution in [0.5, 0.6) is 0 Å². The molecule has 190 valence electrons. The Morgan fingerprint density at radius 3 is 2.08 bits per heavy atom. The first kappa shape index (κ1) is 30.3. The van der Waals surface area contributed by atoms with Gasteiger partial charge in [-0.1, -0.05) is 35.3 Å². The Balaban J connectivity index is 0.000000288. The standard InChI is InChI=1S/C9H7Cl2N5.C8H10IN3.C4H4O4/c10-4-1-2-6(11)5(3-4)7-14-8(12)16-9(13)15-7;9-7-3-1-2-6(4-7)5-12-8(10)11;5-3(6)1-2-4(7)8/h1-3H,(H4,12,13,14,15,16);1-4H,5H2,(H4,10,11,12);1-2H,(H,5,6)(H,7,8)/b;;2-1-. The predicted molar refractivity (Wildman–Crippen MR) is 146 cm³/mol. The maximum Gasteiger partial charge on any atom is 0.328 e. The second-order valence-corrected chi connectivity index (χ2v) is 8.50. The maximum atomic E-state index is 9.55. The van der Waals surface area contributed by atoms with E-state index in [4.69, 9.17) is 56.0 Å². The molecule has 0 amide bonds. The minimum atomic E-state index is -1.26. The van der Waals surface area contributed by atoms with Gasteiger partial charge in [-0.2, -0.15) is 15.0 Å². The van der Waals surface area contributed by atoms with E-state index in [9.17, 15) is 9.59 Å². The lowest BCUT2D eigenvalue weighted by Gasteiger charge is -2.04. The SMILES string of the molecule is N=C(N)NCc1cccc(I)c1.Nc1nc(N)nc(-c2cc(Cl)ccc2Cl)n1.O=C(O)/C=C\C(=O)O. The molecule has 0 aliphatic heterocycles. The molecule has 0 aliphatic carbocycles.